The second kappa shape index (κ2) is 11.1. The quantitative estimate of drug-likeness (QED) is 0.212. The predicted molar refractivity (Wildman–Crippen MR) is 124 cm³/mol. The van der Waals surface area contributed by atoms with E-state index in [-0.39, 0.29) is 17.9 Å². The molecule has 3 aromatic rings. The highest BCUT2D eigenvalue weighted by Crippen LogP contribution is 2.20. The third kappa shape index (κ3) is 6.67. The Balaban J connectivity index is 1.65. The van der Waals surface area contributed by atoms with Gasteiger partial charge in [0.2, 0.25) is 0 Å². The molecular formula is C25H21N3O5. The molecule has 0 aromatic heterocycles. The summed E-state index contributed by atoms with van der Waals surface area (Å²) in [6.45, 7) is 2.65. The molecule has 0 radical (unpaired) electrons. The average Bonchev–Trinajstić information content (AvgIpc) is 2.83. The summed E-state index contributed by atoms with van der Waals surface area (Å²) in [5.41, 5.74) is 1.89. The fourth-order valence-electron chi connectivity index (χ4n) is 2.89. The van der Waals surface area contributed by atoms with Crippen LogP contribution in [0.5, 0.6) is 11.5 Å². The van der Waals surface area contributed by atoms with Crippen LogP contribution in [0.4, 0.5) is 11.4 Å². The van der Waals surface area contributed by atoms with E-state index in [4.69, 9.17) is 9.47 Å². The Bertz CT molecular complexity index is 1200. The number of nitrogens with zero attached hydrogens (tertiary/aromatic N) is 2. The highest BCUT2D eigenvalue weighted by Gasteiger charge is 2.10. The lowest BCUT2D eigenvalue weighted by atomic mass is 10.1. The molecule has 3 aromatic carbocycles. The van der Waals surface area contributed by atoms with Crippen molar-refractivity contribution in [1.29, 1.82) is 5.26 Å². The first kappa shape index (κ1) is 23.0. The molecule has 0 atom stereocenters. The van der Waals surface area contributed by atoms with Crippen LogP contribution in [0.1, 0.15) is 18.1 Å². The summed E-state index contributed by atoms with van der Waals surface area (Å²) in [5.74, 6) is 0.697. The molecule has 3 rings (SSSR count). The first-order valence-electron chi connectivity index (χ1n) is 10.1. The van der Waals surface area contributed by atoms with Crippen molar-refractivity contribution in [3.05, 3.63) is 99.6 Å². The maximum absolute atomic E-state index is 12.5. The number of carbonyl (C=O) groups is 1. The number of carbonyl (C=O) groups excluding carboxylic acids is 1. The summed E-state index contributed by atoms with van der Waals surface area (Å²) in [5, 5.41) is 22.9. The third-order valence-electron chi connectivity index (χ3n) is 4.51. The second-order valence-corrected chi connectivity index (χ2v) is 6.87. The number of anilines is 1. The molecule has 8 heteroatoms. The number of non-ortho nitro benzene ring substituents is 1. The van der Waals surface area contributed by atoms with Crippen LogP contribution in [0.25, 0.3) is 6.08 Å². The van der Waals surface area contributed by atoms with Crippen LogP contribution in [-0.4, -0.2) is 17.4 Å². The van der Waals surface area contributed by atoms with Gasteiger partial charge < -0.3 is 14.8 Å². The van der Waals surface area contributed by atoms with Crippen molar-refractivity contribution < 1.29 is 19.2 Å². The summed E-state index contributed by atoms with van der Waals surface area (Å²) in [6, 6.07) is 21.8. The van der Waals surface area contributed by atoms with E-state index in [1.54, 1.807) is 60.7 Å². The molecule has 0 aliphatic carbocycles. The Morgan fingerprint density at radius 2 is 1.79 bits per heavy atom. The first-order chi connectivity index (χ1) is 16.0. The SMILES string of the molecule is CCOc1ccc(NC(=O)/C(C#N)=C\c2cccc(OCc3ccc([N+](=O)[O-])cc3)c2)cc1. The number of benzene rings is 3. The summed E-state index contributed by atoms with van der Waals surface area (Å²) in [7, 11) is 0. The lowest BCUT2D eigenvalue weighted by Crippen LogP contribution is -2.13. The minimum atomic E-state index is -0.529. The van der Waals surface area contributed by atoms with E-state index in [9.17, 15) is 20.2 Å². The molecule has 8 nitrogen and oxygen atoms in total. The fraction of sp³-hybridized carbons (Fsp3) is 0.120. The number of nitriles is 1. The highest BCUT2D eigenvalue weighted by atomic mass is 16.6. The van der Waals surface area contributed by atoms with Gasteiger partial charge in [-0.2, -0.15) is 5.26 Å². The van der Waals surface area contributed by atoms with Crippen LogP contribution in [0, 0.1) is 21.4 Å². The van der Waals surface area contributed by atoms with Crippen molar-refractivity contribution in [2.75, 3.05) is 11.9 Å². The highest BCUT2D eigenvalue weighted by molar-refractivity contribution is 6.09. The zero-order chi connectivity index (χ0) is 23.6. The molecule has 0 heterocycles. The number of nitrogens with one attached hydrogen (secondary N) is 1. The van der Waals surface area contributed by atoms with Crippen LogP contribution in [0.3, 0.4) is 0 Å². The van der Waals surface area contributed by atoms with Gasteiger partial charge in [-0.25, -0.2) is 0 Å². The summed E-state index contributed by atoms with van der Waals surface area (Å²) in [4.78, 5) is 22.8. The van der Waals surface area contributed by atoms with Crippen LogP contribution in [0.15, 0.2) is 78.4 Å². The minimum Gasteiger partial charge on any atom is -0.494 e. The molecule has 1 amide bonds. The third-order valence-corrected chi connectivity index (χ3v) is 4.51. The Labute approximate surface area is 190 Å². The van der Waals surface area contributed by atoms with Gasteiger partial charge in [0, 0.05) is 17.8 Å². The standard InChI is InChI=1S/C25H21N3O5/c1-2-32-23-12-8-21(9-13-23)27-25(29)20(16-26)14-19-4-3-5-24(15-19)33-17-18-6-10-22(11-7-18)28(30)31/h3-15H,2,17H2,1H3,(H,27,29)/b20-14-. The van der Waals surface area contributed by atoms with Crippen molar-refractivity contribution in [2.45, 2.75) is 13.5 Å². The molecule has 166 valence electrons. The maximum Gasteiger partial charge on any atom is 0.269 e. The molecule has 0 saturated heterocycles. The van der Waals surface area contributed by atoms with Gasteiger partial charge >= 0.3 is 0 Å². The predicted octanol–water partition coefficient (Wildman–Crippen LogP) is 5.12. The van der Waals surface area contributed by atoms with Crippen molar-refractivity contribution in [3.63, 3.8) is 0 Å². The van der Waals surface area contributed by atoms with E-state index in [1.165, 1.54) is 18.2 Å². The van der Waals surface area contributed by atoms with Crippen LogP contribution < -0.4 is 14.8 Å². The van der Waals surface area contributed by atoms with E-state index in [0.29, 0.717) is 29.4 Å². The molecule has 0 saturated carbocycles. The lowest BCUT2D eigenvalue weighted by Gasteiger charge is -2.08. The fourth-order valence-corrected chi connectivity index (χ4v) is 2.89. The number of hydrogen-bond donors (Lipinski definition) is 1. The molecule has 0 unspecified atom stereocenters. The summed E-state index contributed by atoms with van der Waals surface area (Å²) < 4.78 is 11.1. The summed E-state index contributed by atoms with van der Waals surface area (Å²) in [6.07, 6.45) is 1.47. The van der Waals surface area contributed by atoms with Crippen molar-refractivity contribution >= 4 is 23.4 Å². The van der Waals surface area contributed by atoms with Gasteiger partial charge in [-0.05, 0) is 72.7 Å². The van der Waals surface area contributed by atoms with E-state index < -0.39 is 10.8 Å². The number of nitro groups is 1. The van der Waals surface area contributed by atoms with Crippen molar-refractivity contribution in [2.24, 2.45) is 0 Å². The minimum absolute atomic E-state index is 0.0124. The molecule has 1 N–H and O–H groups in total. The number of hydrogen-bond acceptors (Lipinski definition) is 6. The van der Waals surface area contributed by atoms with E-state index in [0.717, 1.165) is 5.56 Å². The Hall–Kier alpha value is -4.64. The topological polar surface area (TPSA) is 114 Å². The normalized spacial score (nSPS) is 10.7. The molecule has 0 aliphatic heterocycles. The maximum atomic E-state index is 12.5. The zero-order valence-electron chi connectivity index (χ0n) is 17.9. The smallest absolute Gasteiger partial charge is 0.269 e. The Morgan fingerprint density at radius 3 is 2.42 bits per heavy atom. The molecule has 0 bridgehead atoms. The van der Waals surface area contributed by atoms with Crippen LogP contribution in [-0.2, 0) is 11.4 Å². The van der Waals surface area contributed by atoms with E-state index in [2.05, 4.69) is 5.32 Å². The van der Waals surface area contributed by atoms with Crippen LogP contribution >= 0.6 is 0 Å². The second-order valence-electron chi connectivity index (χ2n) is 6.87. The van der Waals surface area contributed by atoms with Gasteiger partial charge in [0.25, 0.3) is 11.6 Å². The molecule has 0 aliphatic rings. The monoisotopic (exact) mass is 443 g/mol. The first-order valence-corrected chi connectivity index (χ1v) is 10.1. The molecule has 33 heavy (non-hydrogen) atoms. The Kier molecular flexibility index (Phi) is 7.76. The summed E-state index contributed by atoms with van der Waals surface area (Å²) >= 11 is 0. The van der Waals surface area contributed by atoms with Gasteiger partial charge in [0.15, 0.2) is 0 Å². The number of rotatable bonds is 9. The lowest BCUT2D eigenvalue weighted by molar-refractivity contribution is -0.384. The largest absolute Gasteiger partial charge is 0.494 e. The number of nitro benzene ring substituents is 1. The molecular weight excluding hydrogens is 422 g/mol. The zero-order valence-corrected chi connectivity index (χ0v) is 17.9. The van der Waals surface area contributed by atoms with E-state index in [1.807, 2.05) is 13.0 Å². The van der Waals surface area contributed by atoms with Gasteiger partial charge in [-0.1, -0.05) is 12.1 Å². The average molecular weight is 443 g/mol. The van der Waals surface area contributed by atoms with Crippen molar-refractivity contribution in [3.8, 4) is 17.6 Å². The number of amides is 1. The van der Waals surface area contributed by atoms with Gasteiger partial charge in [0.1, 0.15) is 29.7 Å². The molecule has 0 fully saturated rings. The molecule has 0 spiro atoms. The number of ether oxygens (including phenoxy) is 2. The van der Waals surface area contributed by atoms with Gasteiger partial charge in [0.05, 0.1) is 11.5 Å². The van der Waals surface area contributed by atoms with E-state index >= 15 is 0 Å². The van der Waals surface area contributed by atoms with Crippen LogP contribution in [0.2, 0.25) is 0 Å². The Morgan fingerprint density at radius 1 is 1.06 bits per heavy atom. The van der Waals surface area contributed by atoms with Crippen molar-refractivity contribution in [1.82, 2.24) is 0 Å². The van der Waals surface area contributed by atoms with Gasteiger partial charge in [-0.3, -0.25) is 14.9 Å². The van der Waals surface area contributed by atoms with Gasteiger partial charge in [-0.15, -0.1) is 0 Å².